The Morgan fingerprint density at radius 2 is 2.45 bits per heavy atom. The Labute approximate surface area is 66.1 Å². The molecule has 1 saturated heterocycles. The molecule has 0 spiro atoms. The standard InChI is InChI=1S/C7H14N2O2/c1-5(10)11-6-3-2-4-9-7(6)8/h6-7,9H,2-4,8H2,1H3/t6-,7+/m1/s1. The highest BCUT2D eigenvalue weighted by Crippen LogP contribution is 2.09. The number of esters is 1. The maximum absolute atomic E-state index is 10.6. The molecular weight excluding hydrogens is 144 g/mol. The van der Waals surface area contributed by atoms with Crippen LogP contribution in [0.4, 0.5) is 0 Å². The van der Waals surface area contributed by atoms with Gasteiger partial charge in [0, 0.05) is 6.92 Å². The molecule has 0 amide bonds. The van der Waals surface area contributed by atoms with Crippen molar-refractivity contribution in [2.24, 2.45) is 5.73 Å². The average Bonchev–Trinajstić information content (AvgIpc) is 1.93. The SMILES string of the molecule is CC(=O)O[C@@H]1CCCN[C@@H]1N. The quantitative estimate of drug-likeness (QED) is 0.509. The second-order valence-electron chi connectivity index (χ2n) is 2.77. The summed E-state index contributed by atoms with van der Waals surface area (Å²) in [5.41, 5.74) is 5.64. The van der Waals surface area contributed by atoms with Gasteiger partial charge in [-0.05, 0) is 19.4 Å². The highest BCUT2D eigenvalue weighted by Gasteiger charge is 2.23. The van der Waals surface area contributed by atoms with E-state index < -0.39 is 0 Å². The second-order valence-corrected chi connectivity index (χ2v) is 2.77. The van der Waals surface area contributed by atoms with Crippen LogP contribution in [0.5, 0.6) is 0 Å². The number of nitrogens with one attached hydrogen (secondary N) is 1. The largest absolute Gasteiger partial charge is 0.459 e. The zero-order valence-corrected chi connectivity index (χ0v) is 6.67. The van der Waals surface area contributed by atoms with E-state index in [1.54, 1.807) is 0 Å². The van der Waals surface area contributed by atoms with Crippen LogP contribution in [0.2, 0.25) is 0 Å². The second kappa shape index (κ2) is 3.69. The zero-order chi connectivity index (χ0) is 8.27. The van der Waals surface area contributed by atoms with Crippen LogP contribution in [0.3, 0.4) is 0 Å². The van der Waals surface area contributed by atoms with Gasteiger partial charge >= 0.3 is 5.97 Å². The predicted molar refractivity (Wildman–Crippen MR) is 40.8 cm³/mol. The van der Waals surface area contributed by atoms with Crippen molar-refractivity contribution in [3.05, 3.63) is 0 Å². The van der Waals surface area contributed by atoms with Crippen LogP contribution >= 0.6 is 0 Å². The molecule has 1 heterocycles. The smallest absolute Gasteiger partial charge is 0.303 e. The fraction of sp³-hybridized carbons (Fsp3) is 0.857. The Balaban J connectivity index is 2.35. The number of carbonyl (C=O) groups excluding carboxylic acids is 1. The van der Waals surface area contributed by atoms with Gasteiger partial charge in [0.1, 0.15) is 6.10 Å². The average molecular weight is 158 g/mol. The molecule has 0 unspecified atom stereocenters. The van der Waals surface area contributed by atoms with Crippen molar-refractivity contribution in [3.8, 4) is 0 Å². The van der Waals surface area contributed by atoms with Crippen molar-refractivity contribution >= 4 is 5.97 Å². The molecule has 0 aromatic carbocycles. The summed E-state index contributed by atoms with van der Waals surface area (Å²) >= 11 is 0. The molecular formula is C7H14N2O2. The Morgan fingerprint density at radius 1 is 1.73 bits per heavy atom. The van der Waals surface area contributed by atoms with Crippen molar-refractivity contribution in [1.29, 1.82) is 0 Å². The van der Waals surface area contributed by atoms with Gasteiger partial charge in [0.25, 0.3) is 0 Å². The molecule has 0 radical (unpaired) electrons. The Hall–Kier alpha value is -0.610. The number of hydrogen-bond acceptors (Lipinski definition) is 4. The summed E-state index contributed by atoms with van der Waals surface area (Å²) in [6.45, 7) is 2.32. The lowest BCUT2D eigenvalue weighted by Gasteiger charge is -2.28. The lowest BCUT2D eigenvalue weighted by molar-refractivity contribution is -0.149. The van der Waals surface area contributed by atoms with Crippen LogP contribution in [0.25, 0.3) is 0 Å². The van der Waals surface area contributed by atoms with Gasteiger partial charge in [-0.1, -0.05) is 0 Å². The Kier molecular flexibility index (Phi) is 2.84. The molecule has 64 valence electrons. The molecule has 1 fully saturated rings. The van der Waals surface area contributed by atoms with Gasteiger partial charge in [0.15, 0.2) is 0 Å². The maximum Gasteiger partial charge on any atom is 0.303 e. The van der Waals surface area contributed by atoms with Crippen molar-refractivity contribution in [1.82, 2.24) is 5.32 Å². The number of ether oxygens (including phenoxy) is 1. The summed E-state index contributed by atoms with van der Waals surface area (Å²) < 4.78 is 4.98. The number of hydrogen-bond donors (Lipinski definition) is 2. The van der Waals surface area contributed by atoms with E-state index in [9.17, 15) is 4.79 Å². The summed E-state index contributed by atoms with van der Waals surface area (Å²) in [4.78, 5) is 10.6. The van der Waals surface area contributed by atoms with Gasteiger partial charge in [-0.2, -0.15) is 0 Å². The number of carbonyl (C=O) groups is 1. The van der Waals surface area contributed by atoms with Gasteiger partial charge in [0.05, 0.1) is 6.17 Å². The maximum atomic E-state index is 10.6. The predicted octanol–water partition coefficient (Wildman–Crippen LogP) is -0.414. The first kappa shape index (κ1) is 8.49. The first-order valence-electron chi connectivity index (χ1n) is 3.86. The molecule has 0 aromatic rings. The van der Waals surface area contributed by atoms with E-state index in [1.807, 2.05) is 0 Å². The highest BCUT2D eigenvalue weighted by molar-refractivity contribution is 5.66. The van der Waals surface area contributed by atoms with Crippen LogP contribution in [-0.4, -0.2) is 24.8 Å². The van der Waals surface area contributed by atoms with Crippen LogP contribution in [0.15, 0.2) is 0 Å². The van der Waals surface area contributed by atoms with Crippen LogP contribution in [-0.2, 0) is 9.53 Å². The number of rotatable bonds is 1. The van der Waals surface area contributed by atoms with Gasteiger partial charge in [-0.25, -0.2) is 0 Å². The minimum Gasteiger partial charge on any atom is -0.459 e. The van der Waals surface area contributed by atoms with Crippen molar-refractivity contribution < 1.29 is 9.53 Å². The van der Waals surface area contributed by atoms with E-state index in [1.165, 1.54) is 6.92 Å². The summed E-state index contributed by atoms with van der Waals surface area (Å²) in [6, 6.07) is 0. The number of piperidine rings is 1. The topological polar surface area (TPSA) is 64.3 Å². The van der Waals surface area contributed by atoms with Gasteiger partial charge in [-0.3, -0.25) is 10.1 Å². The van der Waals surface area contributed by atoms with Crippen molar-refractivity contribution in [2.75, 3.05) is 6.54 Å². The van der Waals surface area contributed by atoms with E-state index in [0.717, 1.165) is 19.4 Å². The third-order valence-electron chi connectivity index (χ3n) is 1.76. The first-order chi connectivity index (χ1) is 5.20. The van der Waals surface area contributed by atoms with Crippen LogP contribution in [0.1, 0.15) is 19.8 Å². The van der Waals surface area contributed by atoms with E-state index in [-0.39, 0.29) is 18.2 Å². The molecule has 11 heavy (non-hydrogen) atoms. The van der Waals surface area contributed by atoms with E-state index in [2.05, 4.69) is 5.32 Å². The molecule has 1 rings (SSSR count). The summed E-state index contributed by atoms with van der Waals surface area (Å²) in [5.74, 6) is -0.255. The molecule has 0 aromatic heterocycles. The van der Waals surface area contributed by atoms with E-state index >= 15 is 0 Å². The highest BCUT2D eigenvalue weighted by atomic mass is 16.5. The lowest BCUT2D eigenvalue weighted by Crippen LogP contribution is -2.52. The van der Waals surface area contributed by atoms with E-state index in [4.69, 9.17) is 10.5 Å². The van der Waals surface area contributed by atoms with E-state index in [0.29, 0.717) is 0 Å². The molecule has 2 atom stereocenters. The first-order valence-corrected chi connectivity index (χ1v) is 3.86. The number of nitrogens with two attached hydrogens (primary N) is 1. The molecule has 1 aliphatic heterocycles. The third-order valence-corrected chi connectivity index (χ3v) is 1.76. The fourth-order valence-electron chi connectivity index (χ4n) is 1.23. The third kappa shape index (κ3) is 2.48. The van der Waals surface area contributed by atoms with Crippen molar-refractivity contribution in [2.45, 2.75) is 32.0 Å². The van der Waals surface area contributed by atoms with Gasteiger partial charge < -0.3 is 10.5 Å². The Morgan fingerprint density at radius 3 is 3.00 bits per heavy atom. The summed E-state index contributed by atoms with van der Waals surface area (Å²) in [6.07, 6.45) is 1.56. The molecule has 0 bridgehead atoms. The zero-order valence-electron chi connectivity index (χ0n) is 6.67. The van der Waals surface area contributed by atoms with Crippen LogP contribution in [0, 0.1) is 0 Å². The monoisotopic (exact) mass is 158 g/mol. The van der Waals surface area contributed by atoms with Gasteiger partial charge in [-0.15, -0.1) is 0 Å². The lowest BCUT2D eigenvalue weighted by atomic mass is 10.1. The summed E-state index contributed by atoms with van der Waals surface area (Å²) in [7, 11) is 0. The molecule has 0 saturated carbocycles. The summed E-state index contributed by atoms with van der Waals surface area (Å²) in [5, 5.41) is 3.04. The molecule has 1 aliphatic rings. The fourth-order valence-corrected chi connectivity index (χ4v) is 1.23. The van der Waals surface area contributed by atoms with Gasteiger partial charge in [0.2, 0.25) is 0 Å². The Bertz CT molecular complexity index is 149. The van der Waals surface area contributed by atoms with Crippen molar-refractivity contribution in [3.63, 3.8) is 0 Å². The normalized spacial score (nSPS) is 31.5. The molecule has 4 nitrogen and oxygen atoms in total. The molecule has 0 aliphatic carbocycles. The van der Waals surface area contributed by atoms with Crippen LogP contribution < -0.4 is 11.1 Å². The molecule has 3 N–H and O–H groups in total. The molecule has 4 heteroatoms. The minimum absolute atomic E-state index is 0.138. The minimum atomic E-state index is -0.255.